The van der Waals surface area contributed by atoms with E-state index in [9.17, 15) is 4.79 Å². The summed E-state index contributed by atoms with van der Waals surface area (Å²) in [6.45, 7) is 12.0. The molecule has 1 fully saturated rings. The molecule has 2 aromatic heterocycles. The van der Waals surface area contributed by atoms with Gasteiger partial charge in [-0.1, -0.05) is 25.9 Å². The lowest BCUT2D eigenvalue weighted by molar-refractivity contribution is -0.123. The average Bonchev–Trinajstić information content (AvgIpc) is 3.38. The van der Waals surface area contributed by atoms with Crippen LogP contribution in [-0.2, 0) is 11.2 Å². The zero-order valence-corrected chi connectivity index (χ0v) is 18.8. The van der Waals surface area contributed by atoms with Crippen LogP contribution in [0.4, 0.5) is 0 Å². The van der Waals surface area contributed by atoms with Gasteiger partial charge in [-0.25, -0.2) is 4.98 Å². The van der Waals surface area contributed by atoms with E-state index in [2.05, 4.69) is 36.2 Å². The van der Waals surface area contributed by atoms with E-state index < -0.39 is 0 Å². The van der Waals surface area contributed by atoms with Crippen molar-refractivity contribution in [2.75, 3.05) is 6.61 Å². The molecule has 0 spiro atoms. The molecule has 2 aromatic rings. The number of hydrogen-bond donors (Lipinski definition) is 2. The number of carbonyl (C=O) groups excluding carboxylic acids is 1. The molecule has 0 saturated heterocycles. The van der Waals surface area contributed by atoms with Gasteiger partial charge < -0.3 is 20.0 Å². The minimum absolute atomic E-state index is 0.104. The smallest absolute Gasteiger partial charge is 0.258 e. The van der Waals surface area contributed by atoms with E-state index in [1.807, 2.05) is 26.8 Å². The summed E-state index contributed by atoms with van der Waals surface area (Å²) in [6.07, 6.45) is 2.94. The Bertz CT molecular complexity index is 915. The third kappa shape index (κ3) is 5.68. The first-order valence-electron chi connectivity index (χ1n) is 10.5. The van der Waals surface area contributed by atoms with Gasteiger partial charge in [0.2, 0.25) is 5.88 Å². The number of ether oxygens (including phenoxy) is 1. The summed E-state index contributed by atoms with van der Waals surface area (Å²) in [5.41, 5.74) is 4.08. The Labute approximate surface area is 178 Å². The molecule has 0 aliphatic heterocycles. The monoisotopic (exact) mass is 412 g/mol. The zero-order valence-electron chi connectivity index (χ0n) is 18.8. The number of nitrogens with zero attached hydrogens (tertiary/aromatic N) is 2. The van der Waals surface area contributed by atoms with Crippen molar-refractivity contribution < 1.29 is 14.1 Å². The predicted octanol–water partition coefficient (Wildman–Crippen LogP) is 4.31. The topological polar surface area (TPSA) is 101 Å². The highest BCUT2D eigenvalue weighted by Crippen LogP contribution is 2.34. The molecule has 30 heavy (non-hydrogen) atoms. The summed E-state index contributed by atoms with van der Waals surface area (Å²) in [7, 11) is 0. The first kappa shape index (κ1) is 22.0. The minimum atomic E-state index is -0.281. The van der Waals surface area contributed by atoms with E-state index >= 15 is 0 Å². The SMILES string of the molecule is Cc1cc(OCC(=O)NC(C)c2cc(CC(C)(C)C)on2)nc(C)c1C(=N)C1CC1. The van der Waals surface area contributed by atoms with Crippen molar-refractivity contribution in [2.45, 2.75) is 66.8 Å². The Morgan fingerprint density at radius 1 is 1.33 bits per heavy atom. The van der Waals surface area contributed by atoms with Crippen LogP contribution >= 0.6 is 0 Å². The minimum Gasteiger partial charge on any atom is -0.468 e. The van der Waals surface area contributed by atoms with E-state index in [0.29, 0.717) is 23.2 Å². The maximum Gasteiger partial charge on any atom is 0.258 e. The van der Waals surface area contributed by atoms with Gasteiger partial charge in [0, 0.05) is 35.7 Å². The number of nitrogens with one attached hydrogen (secondary N) is 2. The number of amides is 1. The van der Waals surface area contributed by atoms with Crippen molar-refractivity contribution >= 4 is 11.6 Å². The summed E-state index contributed by atoms with van der Waals surface area (Å²) < 4.78 is 11.0. The Morgan fingerprint density at radius 2 is 2.03 bits per heavy atom. The molecule has 1 unspecified atom stereocenters. The molecule has 3 rings (SSSR count). The van der Waals surface area contributed by atoms with E-state index in [1.165, 1.54) is 0 Å². The highest BCUT2D eigenvalue weighted by atomic mass is 16.5. The molecule has 0 radical (unpaired) electrons. The van der Waals surface area contributed by atoms with Gasteiger partial charge in [-0.05, 0) is 44.6 Å². The molecule has 1 amide bonds. The fourth-order valence-corrected chi connectivity index (χ4v) is 3.49. The third-order valence-corrected chi connectivity index (χ3v) is 5.08. The third-order valence-electron chi connectivity index (χ3n) is 5.08. The molecule has 1 saturated carbocycles. The van der Waals surface area contributed by atoms with Crippen LogP contribution in [-0.4, -0.2) is 28.4 Å². The van der Waals surface area contributed by atoms with Gasteiger partial charge in [0.25, 0.3) is 5.91 Å². The molecule has 162 valence electrons. The van der Waals surface area contributed by atoms with Crippen LogP contribution in [0.2, 0.25) is 0 Å². The van der Waals surface area contributed by atoms with Crippen LogP contribution in [0.25, 0.3) is 0 Å². The Kier molecular flexibility index (Phi) is 6.29. The zero-order chi connectivity index (χ0) is 22.1. The lowest BCUT2D eigenvalue weighted by atomic mass is 9.91. The molecular formula is C23H32N4O3. The lowest BCUT2D eigenvalue weighted by Gasteiger charge is -2.15. The van der Waals surface area contributed by atoms with E-state index in [-0.39, 0.29) is 24.0 Å². The van der Waals surface area contributed by atoms with Crippen molar-refractivity contribution in [1.82, 2.24) is 15.5 Å². The number of rotatable bonds is 8. The van der Waals surface area contributed by atoms with Gasteiger partial charge in [0.1, 0.15) is 11.5 Å². The van der Waals surface area contributed by atoms with Crippen LogP contribution in [0.5, 0.6) is 5.88 Å². The number of aromatic nitrogens is 2. The predicted molar refractivity (Wildman–Crippen MR) is 115 cm³/mol. The molecule has 1 aliphatic rings. The van der Waals surface area contributed by atoms with Gasteiger partial charge in [0.15, 0.2) is 6.61 Å². The van der Waals surface area contributed by atoms with Gasteiger partial charge in [-0.2, -0.15) is 0 Å². The maximum absolute atomic E-state index is 12.3. The number of pyridine rings is 1. The normalized spacial score (nSPS) is 15.0. The molecular weight excluding hydrogens is 380 g/mol. The van der Waals surface area contributed by atoms with Crippen molar-refractivity contribution in [1.29, 1.82) is 5.41 Å². The van der Waals surface area contributed by atoms with Crippen LogP contribution in [0, 0.1) is 30.6 Å². The standard InChI is InChI=1S/C23H32N4O3/c1-13-9-20(26-15(3)21(13)22(24)16-7-8-16)29-12-19(28)25-14(2)18-10-17(30-27-18)11-23(4,5)6/h9-10,14,16,24H,7-8,11-12H2,1-6H3,(H,25,28). The van der Waals surface area contributed by atoms with Gasteiger partial charge in [-0.3, -0.25) is 4.79 Å². The molecule has 1 aliphatic carbocycles. The summed E-state index contributed by atoms with van der Waals surface area (Å²) in [5, 5.41) is 15.3. The number of aryl methyl sites for hydroxylation is 2. The number of hydrogen-bond acceptors (Lipinski definition) is 6. The van der Waals surface area contributed by atoms with Crippen molar-refractivity contribution in [2.24, 2.45) is 11.3 Å². The second-order valence-corrected chi connectivity index (χ2v) is 9.46. The maximum atomic E-state index is 12.3. The summed E-state index contributed by atoms with van der Waals surface area (Å²) in [4.78, 5) is 16.8. The quantitative estimate of drug-likeness (QED) is 0.629. The van der Waals surface area contributed by atoms with Crippen LogP contribution in [0.3, 0.4) is 0 Å². The molecule has 2 heterocycles. The largest absolute Gasteiger partial charge is 0.468 e. The lowest BCUT2D eigenvalue weighted by Crippen LogP contribution is -2.31. The molecule has 1 atom stereocenters. The molecule has 0 bridgehead atoms. The van der Waals surface area contributed by atoms with Crippen molar-refractivity contribution in [3.8, 4) is 5.88 Å². The van der Waals surface area contributed by atoms with E-state index in [4.69, 9.17) is 14.7 Å². The van der Waals surface area contributed by atoms with Crippen molar-refractivity contribution in [3.05, 3.63) is 40.4 Å². The van der Waals surface area contributed by atoms with E-state index in [0.717, 1.165) is 41.8 Å². The van der Waals surface area contributed by atoms with Crippen LogP contribution in [0.1, 0.15) is 74.9 Å². The second-order valence-electron chi connectivity index (χ2n) is 9.46. The molecule has 2 N–H and O–H groups in total. The summed E-state index contributed by atoms with van der Waals surface area (Å²) in [6, 6.07) is 3.40. The fraction of sp³-hybridized carbons (Fsp3) is 0.565. The molecule has 0 aromatic carbocycles. The fourth-order valence-electron chi connectivity index (χ4n) is 3.49. The highest BCUT2D eigenvalue weighted by molar-refractivity contribution is 6.03. The van der Waals surface area contributed by atoms with Crippen molar-refractivity contribution in [3.63, 3.8) is 0 Å². The number of carbonyl (C=O) groups is 1. The summed E-state index contributed by atoms with van der Waals surface area (Å²) >= 11 is 0. The molecule has 7 heteroatoms. The first-order chi connectivity index (χ1) is 14.0. The Morgan fingerprint density at radius 3 is 2.63 bits per heavy atom. The second kappa shape index (κ2) is 8.58. The van der Waals surface area contributed by atoms with E-state index in [1.54, 1.807) is 6.07 Å². The molecule has 7 nitrogen and oxygen atoms in total. The first-order valence-corrected chi connectivity index (χ1v) is 10.5. The van der Waals surface area contributed by atoms with Gasteiger partial charge in [0.05, 0.1) is 11.7 Å². The van der Waals surface area contributed by atoms with Gasteiger partial charge in [-0.15, -0.1) is 0 Å². The highest BCUT2D eigenvalue weighted by Gasteiger charge is 2.29. The average molecular weight is 413 g/mol. The summed E-state index contributed by atoms with van der Waals surface area (Å²) in [5.74, 6) is 1.31. The Balaban J connectivity index is 1.55. The van der Waals surface area contributed by atoms with Crippen LogP contribution in [0.15, 0.2) is 16.7 Å². The van der Waals surface area contributed by atoms with Gasteiger partial charge >= 0.3 is 0 Å². The Hall–Kier alpha value is -2.70. The van der Waals surface area contributed by atoms with Crippen LogP contribution < -0.4 is 10.1 Å².